The molecule has 0 aliphatic rings. The maximum atomic E-state index is 12.4. The Bertz CT molecular complexity index is 630. The number of rotatable bonds is 4. The highest BCUT2D eigenvalue weighted by molar-refractivity contribution is 6.05. The standard InChI is InChI=1S/C15H22N4O/c1-6-10(4)18-15(20)12-7-11(5)17-14-13(12)8-16-19(14)9(2)3/h7-10H,6H2,1-5H3,(H,18,20)/t10-/m1/s1. The lowest BCUT2D eigenvalue weighted by atomic mass is 10.1. The van der Waals surface area contributed by atoms with Crippen LogP contribution < -0.4 is 5.32 Å². The van der Waals surface area contributed by atoms with Gasteiger partial charge in [-0.05, 0) is 40.2 Å². The van der Waals surface area contributed by atoms with Crippen molar-refractivity contribution in [3.05, 3.63) is 23.5 Å². The van der Waals surface area contributed by atoms with Gasteiger partial charge in [0.1, 0.15) is 0 Å². The van der Waals surface area contributed by atoms with Crippen LogP contribution in [0.4, 0.5) is 0 Å². The van der Waals surface area contributed by atoms with Crippen LogP contribution in [0.25, 0.3) is 11.0 Å². The molecule has 0 unspecified atom stereocenters. The van der Waals surface area contributed by atoms with Gasteiger partial charge in [0.25, 0.3) is 5.91 Å². The number of aryl methyl sites for hydroxylation is 1. The van der Waals surface area contributed by atoms with Crippen molar-refractivity contribution in [3.63, 3.8) is 0 Å². The van der Waals surface area contributed by atoms with Gasteiger partial charge in [0.2, 0.25) is 0 Å². The van der Waals surface area contributed by atoms with Crippen LogP contribution in [-0.4, -0.2) is 26.7 Å². The zero-order valence-electron chi connectivity index (χ0n) is 12.8. The number of hydrogen-bond acceptors (Lipinski definition) is 3. The van der Waals surface area contributed by atoms with Gasteiger partial charge in [0, 0.05) is 17.8 Å². The summed E-state index contributed by atoms with van der Waals surface area (Å²) in [5, 5.41) is 8.16. The Morgan fingerprint density at radius 2 is 2.10 bits per heavy atom. The second kappa shape index (κ2) is 5.61. The molecular formula is C15H22N4O. The monoisotopic (exact) mass is 274 g/mol. The zero-order valence-corrected chi connectivity index (χ0v) is 12.8. The van der Waals surface area contributed by atoms with Gasteiger partial charge < -0.3 is 5.32 Å². The van der Waals surface area contributed by atoms with Gasteiger partial charge in [-0.3, -0.25) is 4.79 Å². The lowest BCUT2D eigenvalue weighted by molar-refractivity contribution is 0.0941. The molecule has 0 saturated carbocycles. The predicted molar refractivity (Wildman–Crippen MR) is 79.9 cm³/mol. The average Bonchev–Trinajstić information content (AvgIpc) is 2.80. The third kappa shape index (κ3) is 2.66. The minimum atomic E-state index is -0.0573. The highest BCUT2D eigenvalue weighted by atomic mass is 16.1. The van der Waals surface area contributed by atoms with Crippen molar-refractivity contribution in [3.8, 4) is 0 Å². The third-order valence-electron chi connectivity index (χ3n) is 3.42. The summed E-state index contributed by atoms with van der Waals surface area (Å²) in [6.07, 6.45) is 2.64. The molecule has 0 spiro atoms. The molecular weight excluding hydrogens is 252 g/mol. The van der Waals surface area contributed by atoms with E-state index in [2.05, 4.69) is 36.2 Å². The molecule has 2 aromatic heterocycles. The molecule has 0 aliphatic heterocycles. The van der Waals surface area contributed by atoms with Crippen molar-refractivity contribution < 1.29 is 4.79 Å². The molecule has 5 nitrogen and oxygen atoms in total. The van der Waals surface area contributed by atoms with Crippen LogP contribution in [0.5, 0.6) is 0 Å². The van der Waals surface area contributed by atoms with E-state index < -0.39 is 0 Å². The van der Waals surface area contributed by atoms with Gasteiger partial charge >= 0.3 is 0 Å². The maximum Gasteiger partial charge on any atom is 0.252 e. The Morgan fingerprint density at radius 3 is 2.70 bits per heavy atom. The number of amides is 1. The largest absolute Gasteiger partial charge is 0.350 e. The van der Waals surface area contributed by atoms with Crippen molar-refractivity contribution in [1.29, 1.82) is 0 Å². The zero-order chi connectivity index (χ0) is 14.9. The summed E-state index contributed by atoms with van der Waals surface area (Å²) in [4.78, 5) is 16.9. The van der Waals surface area contributed by atoms with Crippen molar-refractivity contribution in [2.24, 2.45) is 0 Å². The van der Waals surface area contributed by atoms with E-state index in [9.17, 15) is 4.79 Å². The Kier molecular flexibility index (Phi) is 4.06. The van der Waals surface area contributed by atoms with E-state index >= 15 is 0 Å². The fourth-order valence-corrected chi connectivity index (χ4v) is 2.11. The molecule has 1 atom stereocenters. The number of fused-ring (bicyclic) bond motifs is 1. The van der Waals surface area contributed by atoms with E-state index in [0.29, 0.717) is 5.56 Å². The second-order valence-electron chi connectivity index (χ2n) is 5.51. The molecule has 0 saturated heterocycles. The van der Waals surface area contributed by atoms with E-state index in [1.54, 1.807) is 6.20 Å². The van der Waals surface area contributed by atoms with Gasteiger partial charge in [0.15, 0.2) is 5.65 Å². The summed E-state index contributed by atoms with van der Waals surface area (Å²) in [6, 6.07) is 2.20. The maximum absolute atomic E-state index is 12.4. The number of nitrogens with one attached hydrogen (secondary N) is 1. The smallest absolute Gasteiger partial charge is 0.252 e. The first-order valence-corrected chi connectivity index (χ1v) is 7.09. The molecule has 0 fully saturated rings. The number of hydrogen-bond donors (Lipinski definition) is 1. The highest BCUT2D eigenvalue weighted by Crippen LogP contribution is 2.21. The Hall–Kier alpha value is -1.91. The topological polar surface area (TPSA) is 59.8 Å². The Labute approximate surface area is 119 Å². The Morgan fingerprint density at radius 1 is 1.40 bits per heavy atom. The Balaban J connectivity index is 2.51. The molecule has 0 aliphatic carbocycles. The second-order valence-corrected chi connectivity index (χ2v) is 5.51. The summed E-state index contributed by atoms with van der Waals surface area (Å²) >= 11 is 0. The first-order chi connectivity index (χ1) is 9.43. The number of nitrogens with zero attached hydrogens (tertiary/aromatic N) is 3. The molecule has 20 heavy (non-hydrogen) atoms. The van der Waals surface area contributed by atoms with E-state index in [0.717, 1.165) is 23.1 Å². The quantitative estimate of drug-likeness (QED) is 0.932. The SMILES string of the molecule is CC[C@@H](C)NC(=O)c1cc(C)nc2c1cnn2C(C)C. The highest BCUT2D eigenvalue weighted by Gasteiger charge is 2.17. The summed E-state index contributed by atoms with van der Waals surface area (Å²) in [5.41, 5.74) is 2.25. The molecule has 5 heteroatoms. The van der Waals surface area contributed by atoms with Crippen molar-refractivity contribution >= 4 is 16.9 Å². The van der Waals surface area contributed by atoms with Gasteiger partial charge in [0.05, 0.1) is 17.1 Å². The molecule has 1 N–H and O–H groups in total. The number of carbonyl (C=O) groups is 1. The molecule has 1 amide bonds. The minimum Gasteiger partial charge on any atom is -0.350 e. The van der Waals surface area contributed by atoms with Gasteiger partial charge in [-0.25, -0.2) is 9.67 Å². The summed E-state index contributed by atoms with van der Waals surface area (Å²) in [5.74, 6) is -0.0573. The lowest BCUT2D eigenvalue weighted by Gasteiger charge is -2.13. The summed E-state index contributed by atoms with van der Waals surface area (Å²) in [6.45, 7) is 10.1. The summed E-state index contributed by atoms with van der Waals surface area (Å²) in [7, 11) is 0. The molecule has 0 radical (unpaired) electrons. The van der Waals surface area contributed by atoms with Crippen molar-refractivity contribution in [2.45, 2.75) is 53.1 Å². The molecule has 108 valence electrons. The first-order valence-electron chi connectivity index (χ1n) is 7.09. The predicted octanol–water partition coefficient (Wildman–Crippen LogP) is 2.85. The fraction of sp³-hybridized carbons (Fsp3) is 0.533. The number of pyridine rings is 1. The van der Waals surface area contributed by atoms with Gasteiger partial charge in [-0.15, -0.1) is 0 Å². The van der Waals surface area contributed by atoms with Gasteiger partial charge in [-0.1, -0.05) is 6.92 Å². The van der Waals surface area contributed by atoms with E-state index in [1.165, 1.54) is 0 Å². The normalized spacial score (nSPS) is 12.9. The average molecular weight is 274 g/mol. The van der Waals surface area contributed by atoms with Gasteiger partial charge in [-0.2, -0.15) is 5.10 Å². The summed E-state index contributed by atoms with van der Waals surface area (Å²) < 4.78 is 1.85. The third-order valence-corrected chi connectivity index (χ3v) is 3.42. The van der Waals surface area contributed by atoms with Crippen molar-refractivity contribution in [1.82, 2.24) is 20.1 Å². The molecule has 0 bridgehead atoms. The molecule has 0 aromatic carbocycles. The molecule has 2 heterocycles. The van der Waals surface area contributed by atoms with Crippen LogP contribution in [0.3, 0.4) is 0 Å². The van der Waals surface area contributed by atoms with Crippen LogP contribution in [0, 0.1) is 6.92 Å². The fourth-order valence-electron chi connectivity index (χ4n) is 2.11. The first kappa shape index (κ1) is 14.5. The van der Waals surface area contributed by atoms with E-state index in [1.807, 2.05) is 24.6 Å². The van der Waals surface area contributed by atoms with Crippen LogP contribution in [-0.2, 0) is 0 Å². The van der Waals surface area contributed by atoms with Crippen LogP contribution in [0.1, 0.15) is 56.2 Å². The number of carbonyl (C=O) groups excluding carboxylic acids is 1. The van der Waals surface area contributed by atoms with Crippen molar-refractivity contribution in [2.75, 3.05) is 0 Å². The van der Waals surface area contributed by atoms with Crippen LogP contribution in [0.2, 0.25) is 0 Å². The minimum absolute atomic E-state index is 0.0573. The number of aromatic nitrogens is 3. The van der Waals surface area contributed by atoms with Crippen LogP contribution >= 0.6 is 0 Å². The molecule has 2 rings (SSSR count). The lowest BCUT2D eigenvalue weighted by Crippen LogP contribution is -2.32. The van der Waals surface area contributed by atoms with E-state index in [-0.39, 0.29) is 18.0 Å². The molecule has 2 aromatic rings. The van der Waals surface area contributed by atoms with E-state index in [4.69, 9.17) is 0 Å². The van der Waals surface area contributed by atoms with Crippen LogP contribution in [0.15, 0.2) is 12.3 Å².